The van der Waals surface area contributed by atoms with Crippen LogP contribution in [0.3, 0.4) is 0 Å². The number of imidazole rings is 1. The highest BCUT2D eigenvalue weighted by atomic mass is 79.9. The number of thioether (sulfide) groups is 1. The van der Waals surface area contributed by atoms with Crippen LogP contribution in [-0.2, 0) is 52.4 Å². The Hall–Kier alpha value is -5.42. The maximum absolute atomic E-state index is 13.5. The van der Waals surface area contributed by atoms with Gasteiger partial charge in [-0.3, -0.25) is 0 Å². The Balaban J connectivity index is 0.000000213. The monoisotopic (exact) mass is 1560 g/mol. The highest BCUT2D eigenvalue weighted by Gasteiger charge is 2.53. The molecule has 9 atom stereocenters. The number of quaternary nitrogens is 3. The predicted octanol–water partition coefficient (Wildman–Crippen LogP) is 4.40. The Labute approximate surface area is 644 Å². The number of benzene rings is 5. The summed E-state index contributed by atoms with van der Waals surface area (Å²) >= 11 is 7.94. The Morgan fingerprint density at radius 2 is 0.932 bits per heavy atom. The molecule has 4 heterocycles. The molecule has 5 aromatic carbocycles. The lowest BCUT2D eigenvalue weighted by atomic mass is 9.80. The van der Waals surface area contributed by atoms with Crippen molar-refractivity contribution in [3.8, 4) is 17.2 Å². The van der Waals surface area contributed by atoms with Crippen LogP contribution in [0.25, 0.3) is 0 Å². The van der Waals surface area contributed by atoms with Crippen molar-refractivity contribution in [1.82, 2.24) is 9.55 Å². The van der Waals surface area contributed by atoms with E-state index in [4.69, 9.17) is 40.0 Å². The number of hydrogen-bond donors (Lipinski definition) is 3. The highest BCUT2D eigenvalue weighted by Crippen LogP contribution is 2.45. The fraction of sp³-hybridized carbons (Fsp3) is 0.556. The van der Waals surface area contributed by atoms with Crippen LogP contribution in [0.2, 0.25) is 5.02 Å². The molecule has 6 aromatic rings. The van der Waals surface area contributed by atoms with E-state index in [0.29, 0.717) is 40.7 Å². The zero-order chi connectivity index (χ0) is 70.6. The number of carbonyl (C=O) groups is 3. The molecular weight excluding hydrogens is 1450 g/mol. The lowest BCUT2D eigenvalue weighted by Gasteiger charge is -2.35. The molecule has 4 unspecified atom stereocenters. The van der Waals surface area contributed by atoms with Crippen LogP contribution in [0.5, 0.6) is 17.2 Å². The van der Waals surface area contributed by atoms with Gasteiger partial charge in [-0.1, -0.05) is 165 Å². The molecule has 103 heavy (non-hydrogen) atoms. The van der Waals surface area contributed by atoms with Gasteiger partial charge in [0, 0.05) is 81.5 Å². The molecule has 0 amide bonds. The summed E-state index contributed by atoms with van der Waals surface area (Å²) in [6.07, 6.45) is 20.2. The second-order valence-electron chi connectivity index (χ2n) is 29.6. The van der Waals surface area contributed by atoms with Crippen LogP contribution in [0.4, 0.5) is 0 Å². The number of hydrogen-bond acceptors (Lipinski definition) is 14. The lowest BCUT2D eigenvalue weighted by Crippen LogP contribution is -3.00. The molecular formula is C81H111BrCl3N5O12S. The summed E-state index contributed by atoms with van der Waals surface area (Å²) in [7, 11) is 8.12. The quantitative estimate of drug-likeness (QED) is 0.0198. The topological polar surface area (TPSA) is 185 Å². The second-order valence-corrected chi connectivity index (χ2v) is 31.1. The number of ether oxygens (including phenoxy) is 6. The number of esters is 3. The van der Waals surface area contributed by atoms with Gasteiger partial charge in [0.05, 0.1) is 85.3 Å². The molecule has 0 spiro atoms. The third-order valence-electron chi connectivity index (χ3n) is 22.6. The van der Waals surface area contributed by atoms with E-state index >= 15 is 0 Å². The molecule has 0 bridgehead atoms. The number of aromatic nitrogens is 2. The Morgan fingerprint density at radius 3 is 1.36 bits per heavy atom. The molecule has 3 aliphatic carbocycles. The minimum atomic E-state index is -1.56. The highest BCUT2D eigenvalue weighted by molar-refractivity contribution is 7.99. The number of likely N-dealkylation sites (N-methyl/N-ethyl adjacent to an activating group) is 3. The fourth-order valence-electron chi connectivity index (χ4n) is 16.6. The minimum absolute atomic E-state index is 0. The molecule has 1 aromatic heterocycles. The number of nitrogens with zero attached hydrogens (tertiary/aromatic N) is 5. The summed E-state index contributed by atoms with van der Waals surface area (Å²) in [5, 5.41) is 36.7. The standard InChI is InChI=1S/C29H40NO5.C27H35ClNO4.C25H36N3O3S.BrH.2ClH/c1-3-30(19-9-21-34-26-16-14-25(33-2)15-17-26)20-18-27(22-30)35-28(31)29(32,24-12-7-8-13-24)23-10-5-4-6-11-23;1-29(17-9-19-32-25-15-8-7-14-24(25)28)18-16-23(20-29)33-26(30)27(31,22-12-5-6-13-22)21-10-3-2-4-11-21;1-27-15-14-26-24(27)32-18-8-16-28(2)17-13-22(19-28)31-23(29)25(30,21-11-6-7-12-21)20-9-4-3-5-10-20;;;/h4-6,10-11,14-17,24,27,32H,3,7-9,12-13,18-22H2,1-2H3;2-4,7-8,10-11,14-15,22-23,31H,5-6,9,12-13,16-20H2,1H3;3-5,9-10,14-15,21-22,30H,6-8,11-13,16-19H2,1-2H3;3*1H/q3*+1;;;/p-3/t27?,29-,30?;23-,27+,29?;22-,25+,28?;;;/m011.../s1. The van der Waals surface area contributed by atoms with Gasteiger partial charge in [0.2, 0.25) is 0 Å². The van der Waals surface area contributed by atoms with Crippen molar-refractivity contribution in [2.75, 3.05) is 106 Å². The number of para-hydroxylation sites is 1. The van der Waals surface area contributed by atoms with Gasteiger partial charge >= 0.3 is 17.9 Å². The van der Waals surface area contributed by atoms with Gasteiger partial charge in [0.25, 0.3) is 0 Å². The first-order valence-corrected chi connectivity index (χ1v) is 38.4. The SMILES string of the molecule is CC[N+]1(CCCOc2ccc(OC)cc2)CCC(OC(=O)[C@](O)(c2ccccc2)C2CCCC2)C1.C[N+]1(CCCOc2ccccc2Cl)CC[C@@H](OC(=O)[C@](O)(c2ccccc2)C2CCCC2)C1.Cn1ccnc1SCCC[N+]1(C)CC[C@@H](OC(=O)[C@](O)(c2ccccc2)C2CCCC2)C1.[Br-].[Cl-].[Cl-]. The van der Waals surface area contributed by atoms with Crippen molar-refractivity contribution in [1.29, 1.82) is 0 Å². The Morgan fingerprint density at radius 1 is 0.534 bits per heavy atom. The summed E-state index contributed by atoms with van der Waals surface area (Å²) < 4.78 is 39.7. The van der Waals surface area contributed by atoms with Crippen molar-refractivity contribution in [2.45, 2.75) is 163 Å². The first-order chi connectivity index (χ1) is 48.3. The Kier molecular flexibility index (Phi) is 32.9. The summed E-state index contributed by atoms with van der Waals surface area (Å²) in [6.45, 7) is 12.7. The van der Waals surface area contributed by atoms with E-state index in [1.807, 2.05) is 164 Å². The number of aryl methyl sites for hydroxylation is 1. The van der Waals surface area contributed by atoms with Crippen molar-refractivity contribution in [3.63, 3.8) is 0 Å². The van der Waals surface area contributed by atoms with Gasteiger partial charge in [-0.15, -0.1) is 0 Å². The molecule has 3 aliphatic heterocycles. The third kappa shape index (κ3) is 21.9. The molecule has 3 saturated carbocycles. The van der Waals surface area contributed by atoms with Crippen LogP contribution in [0.1, 0.15) is 139 Å². The molecule has 566 valence electrons. The van der Waals surface area contributed by atoms with Gasteiger partial charge in [-0.05, 0) is 98.5 Å². The smallest absolute Gasteiger partial charge is 0.343 e. The molecule has 3 saturated heterocycles. The van der Waals surface area contributed by atoms with Gasteiger partial charge in [0.1, 0.15) is 36.9 Å². The normalized spacial score (nSPS) is 24.2. The van der Waals surface area contributed by atoms with Crippen molar-refractivity contribution in [2.24, 2.45) is 24.8 Å². The molecule has 17 nitrogen and oxygen atoms in total. The molecule has 12 rings (SSSR count). The van der Waals surface area contributed by atoms with E-state index in [-0.39, 0.29) is 77.9 Å². The number of methoxy groups -OCH3 is 1. The maximum atomic E-state index is 13.5. The molecule has 6 fully saturated rings. The van der Waals surface area contributed by atoms with Gasteiger partial charge < -0.3 is 104 Å². The zero-order valence-electron chi connectivity index (χ0n) is 61.0. The molecule has 3 N–H and O–H groups in total. The van der Waals surface area contributed by atoms with Crippen LogP contribution in [0.15, 0.2) is 157 Å². The Bertz CT molecular complexity index is 3520. The van der Waals surface area contributed by atoms with E-state index in [1.54, 1.807) is 18.9 Å². The number of halogens is 4. The van der Waals surface area contributed by atoms with E-state index in [0.717, 1.165) is 217 Å². The average Bonchev–Trinajstić information content (AvgIpc) is 1.64. The van der Waals surface area contributed by atoms with Crippen LogP contribution >= 0.6 is 23.4 Å². The maximum Gasteiger partial charge on any atom is 0.343 e. The largest absolute Gasteiger partial charge is 1.00 e. The molecule has 0 radical (unpaired) electrons. The van der Waals surface area contributed by atoms with Crippen molar-refractivity contribution in [3.05, 3.63) is 174 Å². The second kappa shape index (κ2) is 40.0. The van der Waals surface area contributed by atoms with Crippen molar-refractivity contribution < 1.29 is 113 Å². The van der Waals surface area contributed by atoms with E-state index < -0.39 is 34.7 Å². The van der Waals surface area contributed by atoms with Gasteiger partial charge in [-0.25, -0.2) is 19.4 Å². The molecule has 22 heteroatoms. The predicted molar refractivity (Wildman–Crippen MR) is 391 cm³/mol. The third-order valence-corrected chi connectivity index (χ3v) is 24.0. The first-order valence-electron chi connectivity index (χ1n) is 37.0. The number of aliphatic hydroxyl groups is 3. The van der Waals surface area contributed by atoms with E-state index in [1.165, 1.54) is 0 Å². The average molecular weight is 1570 g/mol. The molecule has 6 aliphatic rings. The van der Waals surface area contributed by atoms with Crippen LogP contribution in [0, 0.1) is 17.8 Å². The van der Waals surface area contributed by atoms with Crippen molar-refractivity contribution >= 4 is 41.3 Å². The minimum Gasteiger partial charge on any atom is -1.00 e. The van der Waals surface area contributed by atoms with Gasteiger partial charge in [0.15, 0.2) is 40.3 Å². The summed E-state index contributed by atoms with van der Waals surface area (Å²) in [5.74, 6) is 1.74. The fourth-order valence-corrected chi connectivity index (χ4v) is 17.6. The first kappa shape index (κ1) is 84.8. The zero-order valence-corrected chi connectivity index (χ0v) is 65.7. The lowest BCUT2D eigenvalue weighted by molar-refractivity contribution is -0.916. The van der Waals surface area contributed by atoms with Crippen LogP contribution in [-0.4, -0.2) is 180 Å². The number of carbonyl (C=O) groups excluding carboxylic acids is 3. The summed E-state index contributed by atoms with van der Waals surface area (Å²) in [6, 6.07) is 43.2. The number of likely N-dealkylation sites (tertiary alicyclic amines) is 3. The number of rotatable bonds is 29. The van der Waals surface area contributed by atoms with Gasteiger partial charge in [-0.2, -0.15) is 0 Å². The van der Waals surface area contributed by atoms with Crippen LogP contribution < -0.4 is 56.0 Å². The summed E-state index contributed by atoms with van der Waals surface area (Å²) in [4.78, 5) is 44.5. The van der Waals surface area contributed by atoms with E-state index in [2.05, 4.69) is 26.0 Å². The van der Waals surface area contributed by atoms with E-state index in [9.17, 15) is 29.7 Å². The summed E-state index contributed by atoms with van der Waals surface area (Å²) in [5.41, 5.74) is -2.70.